The van der Waals surface area contributed by atoms with Crippen molar-refractivity contribution in [3.05, 3.63) is 65.5 Å². The second-order valence-electron chi connectivity index (χ2n) is 6.75. The van der Waals surface area contributed by atoms with Crippen LogP contribution in [0, 0.1) is 17.1 Å². The molecule has 0 saturated carbocycles. The average molecular weight is 381 g/mol. The molecule has 2 aromatic rings. The van der Waals surface area contributed by atoms with Crippen LogP contribution in [0.1, 0.15) is 24.1 Å². The third-order valence-electron chi connectivity index (χ3n) is 4.93. The number of carbonyl (C=O) groups is 1. The SMILES string of the molecule is CCOc1ccc(C(C#N)N2CCN(C(=O)Cc3ccc(F)cc3)CC2)cc1. The van der Waals surface area contributed by atoms with Crippen molar-refractivity contribution in [3.8, 4) is 11.8 Å². The predicted molar refractivity (Wildman–Crippen MR) is 104 cm³/mol. The van der Waals surface area contributed by atoms with E-state index in [1.54, 1.807) is 12.1 Å². The summed E-state index contributed by atoms with van der Waals surface area (Å²) in [6.07, 6.45) is 0.265. The monoisotopic (exact) mass is 381 g/mol. The van der Waals surface area contributed by atoms with Crippen LogP contribution in [0.25, 0.3) is 0 Å². The summed E-state index contributed by atoms with van der Waals surface area (Å²) >= 11 is 0. The molecule has 1 unspecified atom stereocenters. The van der Waals surface area contributed by atoms with E-state index >= 15 is 0 Å². The van der Waals surface area contributed by atoms with Gasteiger partial charge < -0.3 is 9.64 Å². The standard InChI is InChI=1S/C22H24FN3O2/c1-2-28-20-9-5-18(6-10-20)21(16-24)25-11-13-26(14-12-25)22(27)15-17-3-7-19(23)8-4-17/h3-10,21H,2,11-15H2,1H3. The van der Waals surface area contributed by atoms with Gasteiger partial charge in [0.05, 0.1) is 19.1 Å². The molecule has 28 heavy (non-hydrogen) atoms. The third-order valence-corrected chi connectivity index (χ3v) is 4.93. The number of halogens is 1. The number of hydrogen-bond donors (Lipinski definition) is 0. The number of amides is 1. The quantitative estimate of drug-likeness (QED) is 0.771. The summed E-state index contributed by atoms with van der Waals surface area (Å²) in [6.45, 7) is 4.98. The van der Waals surface area contributed by atoms with Gasteiger partial charge in [0, 0.05) is 26.2 Å². The average Bonchev–Trinajstić information content (AvgIpc) is 2.72. The first-order valence-corrected chi connectivity index (χ1v) is 9.49. The molecule has 3 rings (SSSR count). The van der Waals surface area contributed by atoms with Gasteiger partial charge in [0.15, 0.2) is 0 Å². The number of nitrogens with zero attached hydrogens (tertiary/aromatic N) is 3. The molecule has 0 spiro atoms. The summed E-state index contributed by atoms with van der Waals surface area (Å²) in [4.78, 5) is 16.4. The third kappa shape index (κ3) is 4.87. The topological polar surface area (TPSA) is 56.6 Å². The lowest BCUT2D eigenvalue weighted by Crippen LogP contribution is -2.49. The Hall–Kier alpha value is -2.91. The lowest BCUT2D eigenvalue weighted by molar-refractivity contribution is -0.132. The van der Waals surface area contributed by atoms with Gasteiger partial charge in [0.2, 0.25) is 5.91 Å². The highest BCUT2D eigenvalue weighted by molar-refractivity contribution is 5.78. The second-order valence-corrected chi connectivity index (χ2v) is 6.75. The minimum atomic E-state index is -0.343. The van der Waals surface area contributed by atoms with Crippen LogP contribution in [0.3, 0.4) is 0 Å². The van der Waals surface area contributed by atoms with Gasteiger partial charge in [-0.3, -0.25) is 9.69 Å². The smallest absolute Gasteiger partial charge is 0.227 e. The number of benzene rings is 2. The van der Waals surface area contributed by atoms with Crippen molar-refractivity contribution in [2.45, 2.75) is 19.4 Å². The Balaban J connectivity index is 1.56. The zero-order valence-corrected chi connectivity index (χ0v) is 16.0. The maximum atomic E-state index is 13.0. The lowest BCUT2D eigenvalue weighted by atomic mass is 10.0. The van der Waals surface area contributed by atoms with Gasteiger partial charge in [0.25, 0.3) is 0 Å². The number of nitriles is 1. The largest absolute Gasteiger partial charge is 0.494 e. The molecule has 1 atom stereocenters. The molecule has 5 nitrogen and oxygen atoms in total. The van der Waals surface area contributed by atoms with Gasteiger partial charge in [-0.05, 0) is 42.3 Å². The molecule has 2 aromatic carbocycles. The highest BCUT2D eigenvalue weighted by Gasteiger charge is 2.27. The van der Waals surface area contributed by atoms with Crippen LogP contribution in [-0.4, -0.2) is 48.5 Å². The summed E-state index contributed by atoms with van der Waals surface area (Å²) in [5.74, 6) is 0.515. The Morgan fingerprint density at radius 3 is 2.32 bits per heavy atom. The van der Waals surface area contributed by atoms with Crippen LogP contribution >= 0.6 is 0 Å². The molecule has 1 aliphatic rings. The van der Waals surface area contributed by atoms with Gasteiger partial charge in [-0.25, -0.2) is 4.39 Å². The van der Waals surface area contributed by atoms with Gasteiger partial charge in [0.1, 0.15) is 17.6 Å². The molecule has 1 aliphatic heterocycles. The van der Waals surface area contributed by atoms with E-state index in [4.69, 9.17) is 4.74 Å². The fraction of sp³-hybridized carbons (Fsp3) is 0.364. The molecule has 1 fully saturated rings. The fourth-order valence-electron chi connectivity index (χ4n) is 3.40. The molecule has 0 radical (unpaired) electrons. The number of ether oxygens (including phenoxy) is 1. The zero-order chi connectivity index (χ0) is 19.9. The van der Waals surface area contributed by atoms with Crippen molar-refractivity contribution in [2.24, 2.45) is 0 Å². The Morgan fingerprint density at radius 2 is 1.75 bits per heavy atom. The van der Waals surface area contributed by atoms with Crippen LogP contribution in [-0.2, 0) is 11.2 Å². The fourth-order valence-corrected chi connectivity index (χ4v) is 3.40. The summed E-state index contributed by atoms with van der Waals surface area (Å²) in [6, 6.07) is 15.7. The van der Waals surface area contributed by atoms with E-state index < -0.39 is 0 Å². The number of rotatable bonds is 6. The lowest BCUT2D eigenvalue weighted by Gasteiger charge is -2.37. The summed E-state index contributed by atoms with van der Waals surface area (Å²) in [5.41, 5.74) is 1.73. The summed E-state index contributed by atoms with van der Waals surface area (Å²) in [7, 11) is 0. The van der Waals surface area contributed by atoms with E-state index in [1.807, 2.05) is 36.1 Å². The van der Waals surface area contributed by atoms with Crippen LogP contribution in [0.4, 0.5) is 4.39 Å². The van der Waals surface area contributed by atoms with Crippen molar-refractivity contribution >= 4 is 5.91 Å². The van der Waals surface area contributed by atoms with Crippen LogP contribution < -0.4 is 4.74 Å². The summed E-state index contributed by atoms with van der Waals surface area (Å²) < 4.78 is 18.5. The van der Waals surface area contributed by atoms with E-state index in [0.717, 1.165) is 16.9 Å². The highest BCUT2D eigenvalue weighted by Crippen LogP contribution is 2.24. The molecule has 0 bridgehead atoms. The molecule has 146 valence electrons. The molecular formula is C22H24FN3O2. The first kappa shape index (κ1) is 19.8. The van der Waals surface area contributed by atoms with Crippen LogP contribution in [0.2, 0.25) is 0 Å². The Morgan fingerprint density at radius 1 is 1.11 bits per heavy atom. The maximum Gasteiger partial charge on any atom is 0.227 e. The molecule has 0 aromatic heterocycles. The first-order valence-electron chi connectivity index (χ1n) is 9.49. The Bertz CT molecular complexity index is 822. The first-order chi connectivity index (χ1) is 13.6. The molecule has 0 N–H and O–H groups in total. The van der Waals surface area contributed by atoms with Crippen LogP contribution in [0.15, 0.2) is 48.5 Å². The molecule has 0 aliphatic carbocycles. The number of carbonyl (C=O) groups excluding carboxylic acids is 1. The van der Waals surface area contributed by atoms with Gasteiger partial charge in [-0.2, -0.15) is 5.26 Å². The van der Waals surface area contributed by atoms with Crippen molar-refractivity contribution in [3.63, 3.8) is 0 Å². The highest BCUT2D eigenvalue weighted by atomic mass is 19.1. The predicted octanol–water partition coefficient (Wildman–Crippen LogP) is 3.18. The number of piperazine rings is 1. The molecule has 1 heterocycles. The molecule has 1 amide bonds. The van der Waals surface area contributed by atoms with Gasteiger partial charge >= 0.3 is 0 Å². The Labute approximate surface area is 164 Å². The number of hydrogen-bond acceptors (Lipinski definition) is 4. The van der Waals surface area contributed by atoms with E-state index in [1.165, 1.54) is 12.1 Å². The van der Waals surface area contributed by atoms with Gasteiger partial charge in [-0.15, -0.1) is 0 Å². The second kappa shape index (κ2) is 9.34. The van der Waals surface area contributed by atoms with E-state index in [0.29, 0.717) is 32.8 Å². The van der Waals surface area contributed by atoms with Crippen molar-refractivity contribution < 1.29 is 13.9 Å². The maximum absolute atomic E-state index is 13.0. The van der Waals surface area contributed by atoms with E-state index in [9.17, 15) is 14.4 Å². The van der Waals surface area contributed by atoms with Crippen molar-refractivity contribution in [2.75, 3.05) is 32.8 Å². The summed E-state index contributed by atoms with van der Waals surface area (Å²) in [5, 5.41) is 9.66. The van der Waals surface area contributed by atoms with Crippen molar-refractivity contribution in [1.82, 2.24) is 9.80 Å². The van der Waals surface area contributed by atoms with Gasteiger partial charge in [-0.1, -0.05) is 24.3 Å². The minimum Gasteiger partial charge on any atom is -0.494 e. The Kier molecular flexibility index (Phi) is 6.62. The van der Waals surface area contributed by atoms with Crippen molar-refractivity contribution in [1.29, 1.82) is 5.26 Å². The minimum absolute atomic E-state index is 0.0285. The van der Waals surface area contributed by atoms with Crippen LogP contribution in [0.5, 0.6) is 5.75 Å². The zero-order valence-electron chi connectivity index (χ0n) is 16.0. The van der Waals surface area contributed by atoms with E-state index in [-0.39, 0.29) is 24.2 Å². The normalized spacial score (nSPS) is 15.7. The molecule has 6 heteroatoms. The molecular weight excluding hydrogens is 357 g/mol. The van der Waals surface area contributed by atoms with E-state index in [2.05, 4.69) is 11.0 Å². The molecule has 1 saturated heterocycles.